The Morgan fingerprint density at radius 3 is 2.88 bits per heavy atom. The molecule has 1 aliphatic heterocycles. The summed E-state index contributed by atoms with van der Waals surface area (Å²) >= 11 is 1.06. The van der Waals surface area contributed by atoms with Crippen LogP contribution in [0.2, 0.25) is 0 Å². The van der Waals surface area contributed by atoms with Crippen LogP contribution < -0.4 is 20.3 Å². The highest BCUT2D eigenvalue weighted by Crippen LogP contribution is 2.40. The quantitative estimate of drug-likeness (QED) is 0.675. The molecule has 2 aromatic rings. The van der Waals surface area contributed by atoms with E-state index < -0.39 is 21.7 Å². The number of carbonyl (C=O) groups excluding carboxylic acids is 1. The molecule has 1 aromatic carbocycles. The van der Waals surface area contributed by atoms with Gasteiger partial charge in [-0.15, -0.1) is 11.3 Å². The number of anilines is 3. The van der Waals surface area contributed by atoms with E-state index in [1.165, 1.54) is 19.2 Å². The molecule has 3 N–H and O–H groups in total. The Balaban J connectivity index is 2.10. The standard InChI is InChI=1S/C16H17FN4O3S2/c1-18-13(22)6-5-10-11(20-26(23,24)14-4-3-7-25-14)8-12-16(15(10)17)19-9-21(12)2/h3-8,19-20H,9H2,1-2H3,(H,18,22)/b6-5+. The summed E-state index contributed by atoms with van der Waals surface area (Å²) in [5.41, 5.74) is 0.840. The fourth-order valence-corrected chi connectivity index (χ4v) is 4.57. The van der Waals surface area contributed by atoms with Gasteiger partial charge in [0.05, 0.1) is 23.7 Å². The molecule has 0 atom stereocenters. The van der Waals surface area contributed by atoms with Crippen molar-refractivity contribution < 1.29 is 17.6 Å². The van der Waals surface area contributed by atoms with E-state index in [1.807, 2.05) is 0 Å². The number of carbonyl (C=O) groups is 1. The lowest BCUT2D eigenvalue weighted by atomic mass is 10.1. The average molecular weight is 396 g/mol. The number of thiophene rings is 1. The Bertz CT molecular complexity index is 972. The van der Waals surface area contributed by atoms with E-state index in [0.717, 1.165) is 17.4 Å². The second-order valence-corrected chi connectivity index (χ2v) is 8.42. The number of benzene rings is 1. The second kappa shape index (κ2) is 6.96. The van der Waals surface area contributed by atoms with Gasteiger partial charge in [-0.1, -0.05) is 6.07 Å². The molecule has 26 heavy (non-hydrogen) atoms. The molecular weight excluding hydrogens is 379 g/mol. The summed E-state index contributed by atoms with van der Waals surface area (Å²) in [5, 5.41) is 6.96. The van der Waals surface area contributed by atoms with Crippen LogP contribution in [-0.4, -0.2) is 35.1 Å². The molecule has 0 bridgehead atoms. The fraction of sp³-hybridized carbons (Fsp3) is 0.188. The molecule has 1 aliphatic rings. The van der Waals surface area contributed by atoms with Crippen LogP contribution >= 0.6 is 11.3 Å². The third kappa shape index (κ3) is 3.37. The minimum atomic E-state index is -3.86. The van der Waals surface area contributed by atoms with Gasteiger partial charge in [-0.2, -0.15) is 0 Å². The first-order valence-corrected chi connectivity index (χ1v) is 9.97. The van der Waals surface area contributed by atoms with Gasteiger partial charge in [-0.3, -0.25) is 9.52 Å². The molecule has 1 aromatic heterocycles. The van der Waals surface area contributed by atoms with Crippen LogP contribution in [0.5, 0.6) is 0 Å². The van der Waals surface area contributed by atoms with Gasteiger partial charge in [0.2, 0.25) is 5.91 Å². The van der Waals surface area contributed by atoms with Crippen molar-refractivity contribution in [1.29, 1.82) is 0 Å². The molecule has 10 heteroatoms. The zero-order chi connectivity index (χ0) is 18.9. The molecule has 7 nitrogen and oxygen atoms in total. The normalized spacial score (nSPS) is 13.6. The maximum atomic E-state index is 15.0. The minimum absolute atomic E-state index is 0.0183. The van der Waals surface area contributed by atoms with Gasteiger partial charge >= 0.3 is 0 Å². The van der Waals surface area contributed by atoms with Crippen molar-refractivity contribution >= 4 is 50.4 Å². The van der Waals surface area contributed by atoms with Crippen molar-refractivity contribution in [2.75, 3.05) is 35.7 Å². The number of amides is 1. The molecule has 0 fully saturated rings. The maximum absolute atomic E-state index is 15.0. The van der Waals surface area contributed by atoms with Gasteiger partial charge in [-0.05, 0) is 23.6 Å². The maximum Gasteiger partial charge on any atom is 0.271 e. The van der Waals surface area contributed by atoms with Gasteiger partial charge in [0.15, 0.2) is 5.82 Å². The summed E-state index contributed by atoms with van der Waals surface area (Å²) in [6, 6.07) is 4.63. The number of rotatable bonds is 5. The predicted octanol–water partition coefficient (Wildman–Crippen LogP) is 2.27. The summed E-state index contributed by atoms with van der Waals surface area (Å²) in [5.74, 6) is -1.06. The zero-order valence-corrected chi connectivity index (χ0v) is 15.7. The van der Waals surface area contributed by atoms with E-state index in [2.05, 4.69) is 15.4 Å². The van der Waals surface area contributed by atoms with Crippen molar-refractivity contribution in [2.24, 2.45) is 0 Å². The van der Waals surface area contributed by atoms with E-state index in [4.69, 9.17) is 0 Å². The Hall–Kier alpha value is -2.59. The Morgan fingerprint density at radius 2 is 2.23 bits per heavy atom. The summed E-state index contributed by atoms with van der Waals surface area (Å²) in [7, 11) is -0.653. The molecule has 0 saturated carbocycles. The molecule has 0 unspecified atom stereocenters. The smallest absolute Gasteiger partial charge is 0.271 e. The number of hydrogen-bond acceptors (Lipinski definition) is 6. The van der Waals surface area contributed by atoms with E-state index in [0.29, 0.717) is 12.4 Å². The number of halogens is 1. The van der Waals surface area contributed by atoms with E-state index in [9.17, 15) is 17.6 Å². The molecule has 0 spiro atoms. The van der Waals surface area contributed by atoms with Gasteiger partial charge in [-0.25, -0.2) is 12.8 Å². The highest BCUT2D eigenvalue weighted by atomic mass is 32.2. The Morgan fingerprint density at radius 1 is 1.46 bits per heavy atom. The molecule has 138 valence electrons. The summed E-state index contributed by atoms with van der Waals surface area (Å²) in [6.45, 7) is 0.395. The number of nitrogens with zero attached hydrogens (tertiary/aromatic N) is 1. The van der Waals surface area contributed by atoms with Crippen molar-refractivity contribution in [3.63, 3.8) is 0 Å². The minimum Gasteiger partial charge on any atom is -0.364 e. The summed E-state index contributed by atoms with van der Waals surface area (Å²) in [6.07, 6.45) is 2.40. The van der Waals surface area contributed by atoms with Crippen LogP contribution in [0.25, 0.3) is 6.08 Å². The summed E-state index contributed by atoms with van der Waals surface area (Å²) in [4.78, 5) is 13.2. The predicted molar refractivity (Wildman–Crippen MR) is 102 cm³/mol. The van der Waals surface area contributed by atoms with Gasteiger partial charge < -0.3 is 15.5 Å². The van der Waals surface area contributed by atoms with Crippen LogP contribution in [0, 0.1) is 5.82 Å². The average Bonchev–Trinajstić information content (AvgIpc) is 3.25. The summed E-state index contributed by atoms with van der Waals surface area (Å²) < 4.78 is 42.6. The third-order valence-corrected chi connectivity index (χ3v) is 6.60. The number of sulfonamides is 1. The van der Waals surface area contributed by atoms with Crippen molar-refractivity contribution in [3.05, 3.63) is 41.0 Å². The highest BCUT2D eigenvalue weighted by molar-refractivity contribution is 7.94. The Labute approximate surface area is 154 Å². The van der Waals surface area contributed by atoms with Crippen LogP contribution in [0.3, 0.4) is 0 Å². The van der Waals surface area contributed by atoms with Gasteiger partial charge in [0.1, 0.15) is 4.21 Å². The highest BCUT2D eigenvalue weighted by Gasteiger charge is 2.26. The van der Waals surface area contributed by atoms with Crippen molar-refractivity contribution in [2.45, 2.75) is 4.21 Å². The molecule has 0 radical (unpaired) electrons. The number of fused-ring (bicyclic) bond motifs is 1. The van der Waals surface area contributed by atoms with Crippen molar-refractivity contribution in [1.82, 2.24) is 5.32 Å². The molecule has 2 heterocycles. The topological polar surface area (TPSA) is 90.5 Å². The lowest BCUT2D eigenvalue weighted by molar-refractivity contribution is -0.115. The van der Waals surface area contributed by atoms with Crippen LogP contribution in [0.15, 0.2) is 33.9 Å². The van der Waals surface area contributed by atoms with E-state index in [1.54, 1.807) is 29.5 Å². The molecule has 3 rings (SSSR count). The lowest BCUT2D eigenvalue weighted by Crippen LogP contribution is -2.16. The first-order valence-electron chi connectivity index (χ1n) is 7.61. The third-order valence-electron chi connectivity index (χ3n) is 3.84. The SMILES string of the molecule is CNC(=O)/C=C/c1c(NS(=O)(=O)c2cccs2)cc2c(c1F)NCN2C. The lowest BCUT2D eigenvalue weighted by Gasteiger charge is -2.16. The number of likely N-dealkylation sites (N-methyl/N-ethyl adjacent to an activating group) is 1. The monoisotopic (exact) mass is 396 g/mol. The second-order valence-electron chi connectivity index (χ2n) is 5.56. The molecule has 0 saturated heterocycles. The van der Waals surface area contributed by atoms with E-state index in [-0.39, 0.29) is 21.1 Å². The molecule has 1 amide bonds. The van der Waals surface area contributed by atoms with E-state index >= 15 is 0 Å². The molecule has 0 aliphatic carbocycles. The first kappa shape index (κ1) is 18.2. The van der Waals surface area contributed by atoms with Crippen LogP contribution in [0.1, 0.15) is 5.56 Å². The first-order chi connectivity index (χ1) is 12.3. The largest absolute Gasteiger partial charge is 0.364 e. The number of nitrogens with one attached hydrogen (secondary N) is 3. The van der Waals surface area contributed by atoms with Gasteiger partial charge in [0, 0.05) is 25.7 Å². The fourth-order valence-electron chi connectivity index (χ4n) is 2.51. The van der Waals surface area contributed by atoms with Crippen molar-refractivity contribution in [3.8, 4) is 0 Å². The number of hydrogen-bond donors (Lipinski definition) is 3. The Kier molecular flexibility index (Phi) is 4.88. The molecular formula is C16H17FN4O3S2. The zero-order valence-electron chi connectivity index (χ0n) is 14.0. The van der Waals surface area contributed by atoms with Crippen LogP contribution in [-0.2, 0) is 14.8 Å². The van der Waals surface area contributed by atoms with Gasteiger partial charge in [0.25, 0.3) is 10.0 Å². The van der Waals surface area contributed by atoms with Crippen LogP contribution in [0.4, 0.5) is 21.5 Å².